The van der Waals surface area contributed by atoms with E-state index in [0.29, 0.717) is 11.3 Å². The summed E-state index contributed by atoms with van der Waals surface area (Å²) in [6, 6.07) is 20.4. The molecule has 1 heterocycles. The molecule has 3 aromatic carbocycles. The average molecular weight is 387 g/mol. The van der Waals surface area contributed by atoms with E-state index in [2.05, 4.69) is 0 Å². The molecule has 1 amide bonds. The molecule has 1 aliphatic rings. The lowest BCUT2D eigenvalue weighted by Gasteiger charge is -2.25. The van der Waals surface area contributed by atoms with Gasteiger partial charge in [-0.1, -0.05) is 66.2 Å². The molecule has 0 radical (unpaired) electrons. The van der Waals surface area contributed by atoms with Crippen LogP contribution in [0.15, 0.2) is 84.4 Å². The molecule has 5 heteroatoms. The van der Waals surface area contributed by atoms with E-state index in [1.165, 1.54) is 23.1 Å². The molecule has 0 aromatic heterocycles. The lowest BCUT2D eigenvalue weighted by Crippen LogP contribution is -2.29. The predicted octanol–water partition coefficient (Wildman–Crippen LogP) is 4.76. The van der Waals surface area contributed by atoms with Gasteiger partial charge in [0.1, 0.15) is 11.6 Å². The number of hydrogen-bond donors (Lipinski definition) is 1. The van der Waals surface area contributed by atoms with Crippen LogP contribution in [0.25, 0.3) is 5.76 Å². The summed E-state index contributed by atoms with van der Waals surface area (Å²) in [6.45, 7) is 1.90. The highest BCUT2D eigenvalue weighted by atomic mass is 19.1. The van der Waals surface area contributed by atoms with Crippen molar-refractivity contribution in [3.05, 3.63) is 107 Å². The molecule has 29 heavy (non-hydrogen) atoms. The van der Waals surface area contributed by atoms with Crippen LogP contribution in [0.5, 0.6) is 0 Å². The first kappa shape index (κ1) is 18.6. The van der Waals surface area contributed by atoms with Gasteiger partial charge in [-0.05, 0) is 25.1 Å². The van der Waals surface area contributed by atoms with E-state index in [1.54, 1.807) is 48.5 Å². The largest absolute Gasteiger partial charge is 0.507 e. The number of aryl methyl sites for hydroxylation is 1. The van der Waals surface area contributed by atoms with E-state index in [-0.39, 0.29) is 16.9 Å². The zero-order valence-electron chi connectivity index (χ0n) is 15.7. The number of aliphatic hydroxyl groups is 1. The summed E-state index contributed by atoms with van der Waals surface area (Å²) in [5.41, 5.74) is 1.84. The van der Waals surface area contributed by atoms with Crippen molar-refractivity contribution in [3.8, 4) is 0 Å². The highest BCUT2D eigenvalue weighted by Gasteiger charge is 2.47. The number of rotatable bonds is 3. The van der Waals surface area contributed by atoms with Gasteiger partial charge in [0.25, 0.3) is 11.7 Å². The molecular weight excluding hydrogens is 369 g/mol. The van der Waals surface area contributed by atoms with Gasteiger partial charge < -0.3 is 5.11 Å². The number of anilines is 1. The van der Waals surface area contributed by atoms with Crippen molar-refractivity contribution in [3.63, 3.8) is 0 Å². The fourth-order valence-electron chi connectivity index (χ4n) is 3.55. The van der Waals surface area contributed by atoms with Gasteiger partial charge in [0.05, 0.1) is 11.6 Å². The summed E-state index contributed by atoms with van der Waals surface area (Å²) in [4.78, 5) is 27.1. The van der Waals surface area contributed by atoms with E-state index in [4.69, 9.17) is 0 Å². The number of Topliss-reactive ketones (excluding diaryl/α,β-unsaturated/α-hetero) is 1. The number of aliphatic hydroxyl groups excluding tert-OH is 1. The number of carbonyl (C=O) groups excluding carboxylic acids is 2. The number of hydrogen-bond acceptors (Lipinski definition) is 3. The summed E-state index contributed by atoms with van der Waals surface area (Å²) in [5, 5.41) is 10.9. The van der Waals surface area contributed by atoms with Crippen LogP contribution >= 0.6 is 0 Å². The van der Waals surface area contributed by atoms with Crippen LogP contribution < -0.4 is 4.90 Å². The van der Waals surface area contributed by atoms with Gasteiger partial charge in [0, 0.05) is 16.8 Å². The van der Waals surface area contributed by atoms with Crippen LogP contribution in [-0.2, 0) is 9.59 Å². The molecule has 1 fully saturated rings. The monoisotopic (exact) mass is 387 g/mol. The lowest BCUT2D eigenvalue weighted by molar-refractivity contribution is -0.132. The third-order valence-corrected chi connectivity index (χ3v) is 5.00. The van der Waals surface area contributed by atoms with Crippen molar-refractivity contribution in [1.29, 1.82) is 0 Å². The summed E-state index contributed by atoms with van der Waals surface area (Å²) in [7, 11) is 0. The zero-order valence-corrected chi connectivity index (χ0v) is 15.7. The maximum atomic E-state index is 14.7. The Kier molecular flexibility index (Phi) is 4.72. The van der Waals surface area contributed by atoms with Crippen LogP contribution in [0.4, 0.5) is 10.1 Å². The van der Waals surface area contributed by atoms with Gasteiger partial charge in [0.2, 0.25) is 0 Å². The molecule has 1 atom stereocenters. The highest BCUT2D eigenvalue weighted by molar-refractivity contribution is 6.51. The number of ketones is 1. The van der Waals surface area contributed by atoms with E-state index in [1.807, 2.05) is 19.1 Å². The van der Waals surface area contributed by atoms with Crippen LogP contribution in [0.2, 0.25) is 0 Å². The fraction of sp³-hybridized carbons (Fsp3) is 0.0833. The second-order valence-electron chi connectivity index (χ2n) is 6.89. The van der Waals surface area contributed by atoms with Crippen LogP contribution in [0.3, 0.4) is 0 Å². The first-order valence-electron chi connectivity index (χ1n) is 9.16. The van der Waals surface area contributed by atoms with E-state index in [9.17, 15) is 19.1 Å². The van der Waals surface area contributed by atoms with Gasteiger partial charge in [0.15, 0.2) is 0 Å². The molecule has 0 bridgehead atoms. The van der Waals surface area contributed by atoms with Gasteiger partial charge in [-0.3, -0.25) is 14.5 Å². The van der Waals surface area contributed by atoms with Gasteiger partial charge in [-0.2, -0.15) is 0 Å². The third kappa shape index (κ3) is 3.21. The van der Waals surface area contributed by atoms with Crippen molar-refractivity contribution >= 4 is 23.1 Å². The molecular formula is C24H18FNO3. The Bertz CT molecular complexity index is 1120. The second kappa shape index (κ2) is 7.36. The van der Waals surface area contributed by atoms with Crippen molar-refractivity contribution in [1.82, 2.24) is 0 Å². The summed E-state index contributed by atoms with van der Waals surface area (Å²) < 4.78 is 14.7. The highest BCUT2D eigenvalue weighted by Crippen LogP contribution is 2.42. The summed E-state index contributed by atoms with van der Waals surface area (Å²) in [6.07, 6.45) is 0. The molecule has 1 aliphatic heterocycles. The normalized spacial score (nSPS) is 18.3. The Labute approximate surface area is 167 Å². The molecule has 4 nitrogen and oxygen atoms in total. The minimum atomic E-state index is -1.07. The van der Waals surface area contributed by atoms with Gasteiger partial charge in [-0.25, -0.2) is 4.39 Å². The molecule has 0 saturated carbocycles. The SMILES string of the molecule is Cc1ccc(N2C(=O)C(=O)/C(=C(/O)c3ccccc3)C2c2ccccc2F)cc1. The molecule has 144 valence electrons. The third-order valence-electron chi connectivity index (χ3n) is 5.00. The Morgan fingerprint density at radius 2 is 1.52 bits per heavy atom. The molecule has 1 saturated heterocycles. The number of benzene rings is 3. The van der Waals surface area contributed by atoms with E-state index < -0.39 is 23.5 Å². The van der Waals surface area contributed by atoms with Gasteiger partial charge in [-0.15, -0.1) is 0 Å². The maximum Gasteiger partial charge on any atom is 0.300 e. The topological polar surface area (TPSA) is 57.6 Å². The Balaban J connectivity index is 1.97. The smallest absolute Gasteiger partial charge is 0.300 e. The Morgan fingerprint density at radius 1 is 0.897 bits per heavy atom. The van der Waals surface area contributed by atoms with Crippen molar-refractivity contribution in [2.45, 2.75) is 13.0 Å². The van der Waals surface area contributed by atoms with E-state index in [0.717, 1.165) is 5.56 Å². The predicted molar refractivity (Wildman–Crippen MR) is 109 cm³/mol. The number of amides is 1. The van der Waals surface area contributed by atoms with E-state index >= 15 is 0 Å². The number of nitrogens with zero attached hydrogens (tertiary/aromatic N) is 1. The fourth-order valence-corrected chi connectivity index (χ4v) is 3.55. The zero-order chi connectivity index (χ0) is 20.5. The molecule has 0 aliphatic carbocycles. The first-order valence-corrected chi connectivity index (χ1v) is 9.16. The second-order valence-corrected chi connectivity index (χ2v) is 6.89. The minimum Gasteiger partial charge on any atom is -0.507 e. The Morgan fingerprint density at radius 3 is 2.17 bits per heavy atom. The van der Waals surface area contributed by atoms with Crippen LogP contribution in [0, 0.1) is 12.7 Å². The van der Waals surface area contributed by atoms with Crippen molar-refractivity contribution in [2.24, 2.45) is 0 Å². The minimum absolute atomic E-state index is 0.133. The molecule has 3 aromatic rings. The molecule has 0 spiro atoms. The quantitative estimate of drug-likeness (QED) is 0.400. The molecule has 4 rings (SSSR count). The Hall–Kier alpha value is -3.73. The summed E-state index contributed by atoms with van der Waals surface area (Å²) >= 11 is 0. The standard InChI is InChI=1S/C24H18FNO3/c1-15-11-13-17(14-12-15)26-21(18-9-5-6-10-19(18)25)20(23(28)24(26)29)22(27)16-7-3-2-4-8-16/h2-14,21,27H,1H3/b22-20+. The molecule has 1 unspecified atom stereocenters. The van der Waals surface area contributed by atoms with Crippen molar-refractivity contribution < 1.29 is 19.1 Å². The van der Waals surface area contributed by atoms with Crippen molar-refractivity contribution in [2.75, 3.05) is 4.90 Å². The molecule has 1 N–H and O–H groups in total. The average Bonchev–Trinajstić information content (AvgIpc) is 3.00. The summed E-state index contributed by atoms with van der Waals surface area (Å²) in [5.74, 6) is -2.54. The van der Waals surface area contributed by atoms with Gasteiger partial charge >= 0.3 is 0 Å². The number of carbonyl (C=O) groups is 2. The van der Waals surface area contributed by atoms with Crippen LogP contribution in [0.1, 0.15) is 22.7 Å². The first-order chi connectivity index (χ1) is 14.0. The van der Waals surface area contributed by atoms with Crippen LogP contribution in [-0.4, -0.2) is 16.8 Å². The lowest BCUT2D eigenvalue weighted by atomic mass is 9.94. The number of halogens is 1. The maximum absolute atomic E-state index is 14.7.